The summed E-state index contributed by atoms with van der Waals surface area (Å²) in [6, 6.07) is 7.91. The maximum Gasteiger partial charge on any atom is 0.150 e. The van der Waals surface area contributed by atoms with Crippen molar-refractivity contribution in [3.63, 3.8) is 0 Å². The van der Waals surface area contributed by atoms with Gasteiger partial charge in [0, 0.05) is 18.1 Å². The Bertz CT molecular complexity index is 365. The van der Waals surface area contributed by atoms with Crippen LogP contribution in [0.5, 0.6) is 0 Å². The van der Waals surface area contributed by atoms with Gasteiger partial charge in [-0.1, -0.05) is 37.1 Å². The van der Waals surface area contributed by atoms with Gasteiger partial charge in [0.2, 0.25) is 0 Å². The first kappa shape index (κ1) is 11.3. The van der Waals surface area contributed by atoms with Crippen molar-refractivity contribution >= 4 is 6.29 Å². The Labute approximate surface area is 96.6 Å². The van der Waals surface area contributed by atoms with Crippen molar-refractivity contribution in [2.75, 3.05) is 13.7 Å². The molecule has 1 aromatic rings. The molecule has 0 aliphatic heterocycles. The van der Waals surface area contributed by atoms with Gasteiger partial charge in [0.1, 0.15) is 6.29 Å². The average molecular weight is 218 g/mol. The fourth-order valence-electron chi connectivity index (χ4n) is 2.90. The highest BCUT2D eigenvalue weighted by atomic mass is 16.5. The van der Waals surface area contributed by atoms with E-state index in [1.165, 1.54) is 18.4 Å². The largest absolute Gasteiger partial charge is 0.384 e. The van der Waals surface area contributed by atoms with Crippen molar-refractivity contribution < 1.29 is 9.53 Å². The minimum Gasteiger partial charge on any atom is -0.384 e. The SMILES string of the molecule is COCC1(c2ccccc2C=O)CCCC1. The van der Waals surface area contributed by atoms with Crippen LogP contribution < -0.4 is 0 Å². The Morgan fingerprint density at radius 2 is 2.00 bits per heavy atom. The van der Waals surface area contributed by atoms with Crippen molar-refractivity contribution in [2.24, 2.45) is 0 Å². The monoisotopic (exact) mass is 218 g/mol. The van der Waals surface area contributed by atoms with Gasteiger partial charge >= 0.3 is 0 Å². The second-order valence-corrected chi connectivity index (χ2v) is 4.63. The second kappa shape index (κ2) is 4.79. The maximum absolute atomic E-state index is 11.1. The Morgan fingerprint density at radius 1 is 1.31 bits per heavy atom. The van der Waals surface area contributed by atoms with Crippen LogP contribution in [0.15, 0.2) is 24.3 Å². The van der Waals surface area contributed by atoms with Gasteiger partial charge < -0.3 is 4.74 Å². The molecule has 2 heteroatoms. The van der Waals surface area contributed by atoms with Gasteiger partial charge in [-0.3, -0.25) is 4.79 Å². The molecule has 2 rings (SSSR count). The van der Waals surface area contributed by atoms with Crippen LogP contribution in [0.4, 0.5) is 0 Å². The number of rotatable bonds is 4. The van der Waals surface area contributed by atoms with E-state index >= 15 is 0 Å². The first-order valence-corrected chi connectivity index (χ1v) is 5.86. The Morgan fingerprint density at radius 3 is 2.62 bits per heavy atom. The molecule has 0 amide bonds. The number of benzene rings is 1. The number of carbonyl (C=O) groups excluding carboxylic acids is 1. The summed E-state index contributed by atoms with van der Waals surface area (Å²) >= 11 is 0. The van der Waals surface area contributed by atoms with Crippen molar-refractivity contribution in [2.45, 2.75) is 31.1 Å². The van der Waals surface area contributed by atoms with Crippen molar-refractivity contribution in [1.29, 1.82) is 0 Å². The quantitative estimate of drug-likeness (QED) is 0.726. The third-order valence-corrected chi connectivity index (χ3v) is 3.64. The molecule has 1 aromatic carbocycles. The van der Waals surface area contributed by atoms with Crippen LogP contribution in [0.2, 0.25) is 0 Å². The molecule has 86 valence electrons. The van der Waals surface area contributed by atoms with Gasteiger partial charge in [-0.05, 0) is 18.4 Å². The topological polar surface area (TPSA) is 26.3 Å². The Balaban J connectivity index is 2.42. The molecule has 0 N–H and O–H groups in total. The summed E-state index contributed by atoms with van der Waals surface area (Å²) in [5.41, 5.74) is 2.07. The van der Waals surface area contributed by atoms with E-state index in [1.807, 2.05) is 18.2 Å². The molecule has 1 aliphatic rings. The highest BCUT2D eigenvalue weighted by Crippen LogP contribution is 2.42. The molecule has 0 aromatic heterocycles. The van der Waals surface area contributed by atoms with E-state index in [1.54, 1.807) is 7.11 Å². The first-order chi connectivity index (χ1) is 7.82. The minimum atomic E-state index is 0.0756. The molecule has 0 bridgehead atoms. The lowest BCUT2D eigenvalue weighted by atomic mass is 9.77. The van der Waals surface area contributed by atoms with Crippen molar-refractivity contribution in [1.82, 2.24) is 0 Å². The predicted molar refractivity (Wildman–Crippen MR) is 63.9 cm³/mol. The van der Waals surface area contributed by atoms with E-state index in [0.717, 1.165) is 31.3 Å². The standard InChI is InChI=1S/C14H18O2/c1-16-11-14(8-4-5-9-14)13-7-3-2-6-12(13)10-15/h2-3,6-7,10H,4-5,8-9,11H2,1H3. The van der Waals surface area contributed by atoms with E-state index in [2.05, 4.69) is 6.07 Å². The van der Waals surface area contributed by atoms with Gasteiger partial charge in [-0.2, -0.15) is 0 Å². The first-order valence-electron chi connectivity index (χ1n) is 5.86. The second-order valence-electron chi connectivity index (χ2n) is 4.63. The van der Waals surface area contributed by atoms with Gasteiger partial charge in [0.15, 0.2) is 0 Å². The fraction of sp³-hybridized carbons (Fsp3) is 0.500. The number of hydrogen-bond acceptors (Lipinski definition) is 2. The molecule has 2 nitrogen and oxygen atoms in total. The third-order valence-electron chi connectivity index (χ3n) is 3.64. The zero-order chi connectivity index (χ0) is 11.4. The Hall–Kier alpha value is -1.15. The third kappa shape index (κ3) is 1.90. The highest BCUT2D eigenvalue weighted by molar-refractivity contribution is 5.78. The van der Waals surface area contributed by atoms with E-state index in [9.17, 15) is 4.79 Å². The van der Waals surface area contributed by atoms with E-state index in [-0.39, 0.29) is 5.41 Å². The lowest BCUT2D eigenvalue weighted by molar-refractivity contribution is 0.111. The molecular formula is C14H18O2. The lowest BCUT2D eigenvalue weighted by Gasteiger charge is -2.29. The summed E-state index contributed by atoms with van der Waals surface area (Å²) in [7, 11) is 1.74. The molecule has 0 radical (unpaired) electrons. The zero-order valence-corrected chi connectivity index (χ0v) is 9.74. The molecule has 1 saturated carbocycles. The summed E-state index contributed by atoms with van der Waals surface area (Å²) in [6.45, 7) is 0.720. The van der Waals surface area contributed by atoms with Gasteiger partial charge in [0.05, 0.1) is 6.61 Å². The van der Waals surface area contributed by atoms with Gasteiger partial charge in [-0.15, -0.1) is 0 Å². The number of aldehydes is 1. The predicted octanol–water partition coefficient (Wildman–Crippen LogP) is 2.96. The molecule has 1 fully saturated rings. The summed E-state index contributed by atoms with van der Waals surface area (Å²) in [6.07, 6.45) is 5.69. The molecule has 0 heterocycles. The van der Waals surface area contributed by atoms with Crippen LogP contribution in [0.1, 0.15) is 41.6 Å². The number of methoxy groups -OCH3 is 1. The van der Waals surface area contributed by atoms with Crippen LogP contribution >= 0.6 is 0 Å². The number of carbonyl (C=O) groups is 1. The summed E-state index contributed by atoms with van der Waals surface area (Å²) < 4.78 is 5.37. The molecule has 0 saturated heterocycles. The van der Waals surface area contributed by atoms with E-state index in [0.29, 0.717) is 0 Å². The summed E-state index contributed by atoms with van der Waals surface area (Å²) in [4.78, 5) is 11.1. The molecule has 0 unspecified atom stereocenters. The average Bonchev–Trinajstić information content (AvgIpc) is 2.79. The lowest BCUT2D eigenvalue weighted by Crippen LogP contribution is -2.29. The Kier molecular flexibility index (Phi) is 3.39. The highest BCUT2D eigenvalue weighted by Gasteiger charge is 2.36. The molecule has 16 heavy (non-hydrogen) atoms. The smallest absolute Gasteiger partial charge is 0.150 e. The molecule has 1 aliphatic carbocycles. The van der Waals surface area contributed by atoms with Crippen LogP contribution in [0, 0.1) is 0 Å². The number of ether oxygens (including phenoxy) is 1. The fourth-order valence-corrected chi connectivity index (χ4v) is 2.90. The maximum atomic E-state index is 11.1. The van der Waals surface area contributed by atoms with E-state index in [4.69, 9.17) is 4.74 Å². The molecule has 0 atom stereocenters. The normalized spacial score (nSPS) is 18.6. The van der Waals surface area contributed by atoms with Crippen LogP contribution in [-0.4, -0.2) is 20.0 Å². The van der Waals surface area contributed by atoms with Crippen LogP contribution in [-0.2, 0) is 10.2 Å². The van der Waals surface area contributed by atoms with Gasteiger partial charge in [0.25, 0.3) is 0 Å². The summed E-state index contributed by atoms with van der Waals surface area (Å²) in [5.74, 6) is 0. The van der Waals surface area contributed by atoms with Crippen molar-refractivity contribution in [3.8, 4) is 0 Å². The van der Waals surface area contributed by atoms with Gasteiger partial charge in [-0.25, -0.2) is 0 Å². The zero-order valence-electron chi connectivity index (χ0n) is 9.74. The van der Waals surface area contributed by atoms with Crippen LogP contribution in [0.25, 0.3) is 0 Å². The van der Waals surface area contributed by atoms with Crippen molar-refractivity contribution in [3.05, 3.63) is 35.4 Å². The summed E-state index contributed by atoms with van der Waals surface area (Å²) in [5, 5.41) is 0. The van der Waals surface area contributed by atoms with Crippen LogP contribution in [0.3, 0.4) is 0 Å². The van der Waals surface area contributed by atoms with E-state index < -0.39 is 0 Å². The molecular weight excluding hydrogens is 200 g/mol. The minimum absolute atomic E-state index is 0.0756. The number of hydrogen-bond donors (Lipinski definition) is 0. The molecule has 0 spiro atoms.